The van der Waals surface area contributed by atoms with Crippen molar-refractivity contribution in [3.63, 3.8) is 0 Å². The summed E-state index contributed by atoms with van der Waals surface area (Å²) in [4.78, 5) is 15.0. The van der Waals surface area contributed by atoms with Crippen LogP contribution in [0.4, 0.5) is 0 Å². The number of aliphatic hydroxyl groups excluding tert-OH is 1. The van der Waals surface area contributed by atoms with Crippen molar-refractivity contribution >= 4 is 5.91 Å². The first kappa shape index (κ1) is 17.2. The zero-order valence-corrected chi connectivity index (χ0v) is 14.3. The number of rotatable bonds is 5. The summed E-state index contributed by atoms with van der Waals surface area (Å²) >= 11 is 0. The number of fused-ring (bicyclic) bond motifs is 1. The molecule has 0 saturated carbocycles. The molecule has 0 spiro atoms. The molecule has 2 fully saturated rings. The summed E-state index contributed by atoms with van der Waals surface area (Å²) in [7, 11) is 1.59. The minimum atomic E-state index is -0.0896. The SMILES string of the molecule is COc1c(C)cccc1C(=O)N[C@H]1C[C@H]2CO[C@@H](CCO)CN2C1. The standard InChI is InChI=1S/C18H26N2O4/c1-12-4-3-5-16(17(12)23-2)18(22)19-13-8-14-11-24-15(6-7-21)10-20(14)9-13/h3-5,13-15,21H,6-11H2,1-2H3,(H,19,22)/t13-,14-,15-/m0/s1. The van der Waals surface area contributed by atoms with Crippen LogP contribution >= 0.6 is 0 Å². The first-order valence-electron chi connectivity index (χ1n) is 8.53. The van der Waals surface area contributed by atoms with Gasteiger partial charge in [0.1, 0.15) is 5.75 Å². The number of amides is 1. The molecule has 2 saturated heterocycles. The van der Waals surface area contributed by atoms with Crippen molar-refractivity contribution < 1.29 is 19.4 Å². The van der Waals surface area contributed by atoms with E-state index >= 15 is 0 Å². The summed E-state index contributed by atoms with van der Waals surface area (Å²) in [5.41, 5.74) is 1.53. The number of hydrogen-bond acceptors (Lipinski definition) is 5. The van der Waals surface area contributed by atoms with Crippen molar-refractivity contribution in [2.24, 2.45) is 0 Å². The molecule has 2 aliphatic rings. The highest BCUT2D eigenvalue weighted by atomic mass is 16.5. The molecule has 0 radical (unpaired) electrons. The third kappa shape index (κ3) is 3.55. The van der Waals surface area contributed by atoms with E-state index in [1.807, 2.05) is 19.1 Å². The fourth-order valence-electron chi connectivity index (χ4n) is 3.73. The zero-order valence-electron chi connectivity index (χ0n) is 14.3. The van der Waals surface area contributed by atoms with Gasteiger partial charge in [-0.3, -0.25) is 9.69 Å². The van der Waals surface area contributed by atoms with E-state index in [-0.39, 0.29) is 24.7 Å². The highest BCUT2D eigenvalue weighted by Gasteiger charge is 2.37. The summed E-state index contributed by atoms with van der Waals surface area (Å²) in [5.74, 6) is 0.547. The maximum absolute atomic E-state index is 12.6. The molecule has 0 aliphatic carbocycles. The first-order chi connectivity index (χ1) is 11.6. The normalized spacial score (nSPS) is 26.9. The van der Waals surface area contributed by atoms with Crippen LogP contribution in [0.3, 0.4) is 0 Å². The van der Waals surface area contributed by atoms with E-state index in [0.717, 1.165) is 25.1 Å². The molecule has 2 aliphatic heterocycles. The Morgan fingerprint density at radius 1 is 1.46 bits per heavy atom. The number of aryl methyl sites for hydroxylation is 1. The van der Waals surface area contributed by atoms with E-state index in [1.54, 1.807) is 13.2 Å². The molecule has 0 unspecified atom stereocenters. The second-order valence-corrected chi connectivity index (χ2v) is 6.64. The van der Waals surface area contributed by atoms with E-state index in [4.69, 9.17) is 14.6 Å². The number of carbonyl (C=O) groups is 1. The molecule has 6 nitrogen and oxygen atoms in total. The minimum absolute atomic E-state index is 0.0896. The molecule has 0 bridgehead atoms. The monoisotopic (exact) mass is 334 g/mol. The summed E-state index contributed by atoms with van der Waals surface area (Å²) in [5, 5.41) is 12.2. The largest absolute Gasteiger partial charge is 0.496 e. The first-order valence-corrected chi connectivity index (χ1v) is 8.53. The van der Waals surface area contributed by atoms with Crippen LogP contribution in [0.1, 0.15) is 28.8 Å². The molecular formula is C18H26N2O4. The molecule has 2 N–H and O–H groups in total. The fourth-order valence-corrected chi connectivity index (χ4v) is 3.73. The molecular weight excluding hydrogens is 308 g/mol. The Hall–Kier alpha value is -1.63. The average molecular weight is 334 g/mol. The van der Waals surface area contributed by atoms with E-state index in [0.29, 0.717) is 30.4 Å². The Kier molecular flexibility index (Phi) is 5.38. The van der Waals surface area contributed by atoms with Crippen molar-refractivity contribution in [2.75, 3.05) is 33.4 Å². The highest BCUT2D eigenvalue weighted by Crippen LogP contribution is 2.26. The number of nitrogens with one attached hydrogen (secondary N) is 1. The summed E-state index contributed by atoms with van der Waals surface area (Å²) in [6.07, 6.45) is 1.66. The van der Waals surface area contributed by atoms with Crippen LogP contribution < -0.4 is 10.1 Å². The van der Waals surface area contributed by atoms with Gasteiger partial charge in [0.25, 0.3) is 5.91 Å². The van der Waals surface area contributed by atoms with Crippen LogP contribution in [0.2, 0.25) is 0 Å². The predicted octanol–water partition coefficient (Wildman–Crippen LogP) is 0.958. The second-order valence-electron chi connectivity index (χ2n) is 6.64. The van der Waals surface area contributed by atoms with Gasteiger partial charge < -0.3 is 19.9 Å². The molecule has 24 heavy (non-hydrogen) atoms. The van der Waals surface area contributed by atoms with Crippen LogP contribution in [0.15, 0.2) is 18.2 Å². The molecule has 0 aromatic heterocycles. The number of benzene rings is 1. The third-order valence-electron chi connectivity index (χ3n) is 4.94. The Labute approximate surface area is 142 Å². The van der Waals surface area contributed by atoms with Gasteiger partial charge in [-0.25, -0.2) is 0 Å². The van der Waals surface area contributed by atoms with Gasteiger partial charge >= 0.3 is 0 Å². The van der Waals surface area contributed by atoms with Gasteiger partial charge in [-0.2, -0.15) is 0 Å². The van der Waals surface area contributed by atoms with Crippen LogP contribution in [0.25, 0.3) is 0 Å². The van der Waals surface area contributed by atoms with Crippen LogP contribution in [-0.4, -0.2) is 67.5 Å². The average Bonchev–Trinajstić information content (AvgIpc) is 2.96. The maximum atomic E-state index is 12.6. The van der Waals surface area contributed by atoms with E-state index in [1.165, 1.54) is 0 Å². The Bertz CT molecular complexity index is 592. The number of para-hydroxylation sites is 1. The van der Waals surface area contributed by atoms with Gasteiger partial charge in [0.2, 0.25) is 0 Å². The molecule has 3 atom stereocenters. The lowest BCUT2D eigenvalue weighted by Crippen LogP contribution is -2.46. The Morgan fingerprint density at radius 3 is 3.04 bits per heavy atom. The minimum Gasteiger partial charge on any atom is -0.496 e. The van der Waals surface area contributed by atoms with Gasteiger partial charge in [0.15, 0.2) is 0 Å². The van der Waals surface area contributed by atoms with Crippen LogP contribution in [0, 0.1) is 6.92 Å². The molecule has 6 heteroatoms. The number of morpholine rings is 1. The van der Waals surface area contributed by atoms with Gasteiger partial charge in [-0.05, 0) is 31.4 Å². The predicted molar refractivity (Wildman–Crippen MR) is 90.4 cm³/mol. The number of aliphatic hydroxyl groups is 1. The number of methoxy groups -OCH3 is 1. The second kappa shape index (κ2) is 7.51. The lowest BCUT2D eigenvalue weighted by Gasteiger charge is -2.34. The molecule has 1 aromatic carbocycles. The molecule has 1 amide bonds. The molecule has 2 heterocycles. The van der Waals surface area contributed by atoms with E-state index in [2.05, 4.69) is 10.2 Å². The van der Waals surface area contributed by atoms with Crippen molar-refractivity contribution in [2.45, 2.75) is 38.0 Å². The quantitative estimate of drug-likeness (QED) is 0.839. The summed E-state index contributed by atoms with van der Waals surface area (Å²) < 4.78 is 11.2. The van der Waals surface area contributed by atoms with Gasteiger partial charge in [-0.1, -0.05) is 12.1 Å². The number of hydrogen-bond donors (Lipinski definition) is 2. The van der Waals surface area contributed by atoms with E-state index in [9.17, 15) is 4.79 Å². The Balaban J connectivity index is 1.62. The highest BCUT2D eigenvalue weighted by molar-refractivity contribution is 5.97. The van der Waals surface area contributed by atoms with Gasteiger partial charge in [-0.15, -0.1) is 0 Å². The van der Waals surface area contributed by atoms with Crippen LogP contribution in [-0.2, 0) is 4.74 Å². The number of nitrogens with zero attached hydrogens (tertiary/aromatic N) is 1. The van der Waals surface area contributed by atoms with Gasteiger partial charge in [0, 0.05) is 31.8 Å². The zero-order chi connectivity index (χ0) is 17.1. The van der Waals surface area contributed by atoms with Crippen molar-refractivity contribution in [3.05, 3.63) is 29.3 Å². The smallest absolute Gasteiger partial charge is 0.255 e. The maximum Gasteiger partial charge on any atom is 0.255 e. The lowest BCUT2D eigenvalue weighted by molar-refractivity contribution is -0.0566. The van der Waals surface area contributed by atoms with Crippen LogP contribution in [0.5, 0.6) is 5.75 Å². The topological polar surface area (TPSA) is 71.0 Å². The summed E-state index contributed by atoms with van der Waals surface area (Å²) in [6, 6.07) is 6.07. The van der Waals surface area contributed by atoms with Crippen molar-refractivity contribution in [1.29, 1.82) is 0 Å². The third-order valence-corrected chi connectivity index (χ3v) is 4.94. The number of ether oxygens (including phenoxy) is 2. The lowest BCUT2D eigenvalue weighted by atomic mass is 10.1. The fraction of sp³-hybridized carbons (Fsp3) is 0.611. The van der Waals surface area contributed by atoms with Crippen molar-refractivity contribution in [1.82, 2.24) is 10.2 Å². The van der Waals surface area contributed by atoms with Gasteiger partial charge in [0.05, 0.1) is 25.4 Å². The number of carbonyl (C=O) groups excluding carboxylic acids is 1. The molecule has 1 aromatic rings. The van der Waals surface area contributed by atoms with Crippen molar-refractivity contribution in [3.8, 4) is 5.75 Å². The summed E-state index contributed by atoms with van der Waals surface area (Å²) in [6.45, 7) is 4.41. The Morgan fingerprint density at radius 2 is 2.29 bits per heavy atom. The molecule has 3 rings (SSSR count). The van der Waals surface area contributed by atoms with E-state index < -0.39 is 0 Å². The molecule has 132 valence electrons.